The van der Waals surface area contributed by atoms with Gasteiger partial charge in [0.2, 0.25) is 0 Å². The Morgan fingerprint density at radius 2 is 2.45 bits per heavy atom. The third-order valence-corrected chi connectivity index (χ3v) is 1.56. The van der Waals surface area contributed by atoms with Crippen LogP contribution in [-0.4, -0.2) is 25.1 Å². The second kappa shape index (κ2) is 3.02. The average molecular weight is 162 g/mol. The van der Waals surface area contributed by atoms with Crippen molar-refractivity contribution in [3.8, 4) is 0 Å². The molecule has 0 aliphatic carbocycles. The molecule has 1 rings (SSSR count). The van der Waals surface area contributed by atoms with E-state index >= 15 is 0 Å². The van der Waals surface area contributed by atoms with E-state index in [1.807, 2.05) is 0 Å². The number of nitrogens with zero attached hydrogens (tertiary/aromatic N) is 3. The van der Waals surface area contributed by atoms with E-state index in [1.54, 1.807) is 0 Å². The number of alkyl halides is 2. The van der Waals surface area contributed by atoms with Crippen molar-refractivity contribution < 1.29 is 8.78 Å². The average Bonchev–Trinajstić information content (AvgIpc) is 2.26. The molecule has 0 radical (unpaired) electrons. The van der Waals surface area contributed by atoms with Gasteiger partial charge in [-0.05, 0) is 5.53 Å². The topological polar surface area (TPSA) is 60.8 Å². The highest BCUT2D eigenvalue weighted by atomic mass is 19.3. The summed E-state index contributed by atoms with van der Waals surface area (Å²) in [6, 6.07) is -0.360. The van der Waals surface area contributed by atoms with Crippen molar-refractivity contribution in [3.63, 3.8) is 0 Å². The van der Waals surface area contributed by atoms with Gasteiger partial charge in [-0.15, -0.1) is 0 Å². The molecule has 0 aromatic rings. The Bertz CT molecular complexity index is 187. The van der Waals surface area contributed by atoms with Gasteiger partial charge in [-0.1, -0.05) is 5.11 Å². The molecular weight excluding hydrogens is 154 g/mol. The van der Waals surface area contributed by atoms with E-state index in [0.29, 0.717) is 0 Å². The molecule has 0 unspecified atom stereocenters. The lowest BCUT2D eigenvalue weighted by Crippen LogP contribution is -2.24. The first-order valence-electron chi connectivity index (χ1n) is 3.26. The van der Waals surface area contributed by atoms with Gasteiger partial charge in [-0.3, -0.25) is 0 Å². The second-order valence-electron chi connectivity index (χ2n) is 2.55. The predicted octanol–water partition coefficient (Wildman–Crippen LogP) is 1.29. The fourth-order valence-corrected chi connectivity index (χ4v) is 1.06. The molecule has 1 N–H and O–H groups in total. The van der Waals surface area contributed by atoms with Crippen LogP contribution >= 0.6 is 0 Å². The molecule has 1 aliphatic heterocycles. The number of nitrogens with one attached hydrogen (secondary N) is 1. The molecule has 1 heterocycles. The fourth-order valence-electron chi connectivity index (χ4n) is 1.06. The summed E-state index contributed by atoms with van der Waals surface area (Å²) in [6.07, 6.45) is -0.230. The molecule has 0 aromatic carbocycles. The van der Waals surface area contributed by atoms with Crippen molar-refractivity contribution in [1.82, 2.24) is 5.32 Å². The Labute approximate surface area is 62.2 Å². The van der Waals surface area contributed by atoms with Crippen molar-refractivity contribution in [2.24, 2.45) is 5.11 Å². The third-order valence-electron chi connectivity index (χ3n) is 1.56. The number of hydrogen-bond donors (Lipinski definition) is 1. The van der Waals surface area contributed by atoms with Crippen LogP contribution in [0.5, 0.6) is 0 Å². The van der Waals surface area contributed by atoms with Gasteiger partial charge >= 0.3 is 0 Å². The van der Waals surface area contributed by atoms with Crippen molar-refractivity contribution in [3.05, 3.63) is 10.4 Å². The standard InChI is InChI=1S/C5H8F2N4/c6-5(7)1-4(9-3-5)2-10-11-8/h4,9H,1-3H2/t4-/m0/s1. The third kappa shape index (κ3) is 2.32. The Kier molecular flexibility index (Phi) is 2.26. The van der Waals surface area contributed by atoms with E-state index in [2.05, 4.69) is 15.3 Å². The predicted molar refractivity (Wildman–Crippen MR) is 35.4 cm³/mol. The van der Waals surface area contributed by atoms with E-state index in [4.69, 9.17) is 5.53 Å². The number of azide groups is 1. The summed E-state index contributed by atoms with van der Waals surface area (Å²) >= 11 is 0. The first-order chi connectivity index (χ1) is 5.14. The molecule has 1 aliphatic rings. The Morgan fingerprint density at radius 3 is 2.91 bits per heavy atom. The molecule has 0 spiro atoms. The molecule has 4 nitrogen and oxygen atoms in total. The minimum atomic E-state index is -2.63. The van der Waals surface area contributed by atoms with Gasteiger partial charge < -0.3 is 5.32 Å². The maximum atomic E-state index is 12.4. The minimum Gasteiger partial charge on any atom is -0.308 e. The van der Waals surface area contributed by atoms with Crippen LogP contribution in [0, 0.1) is 0 Å². The summed E-state index contributed by atoms with van der Waals surface area (Å²) in [6.45, 7) is -0.204. The van der Waals surface area contributed by atoms with Gasteiger partial charge in [0.15, 0.2) is 0 Å². The Morgan fingerprint density at radius 1 is 1.73 bits per heavy atom. The molecule has 0 saturated carbocycles. The maximum Gasteiger partial charge on any atom is 0.261 e. The highest BCUT2D eigenvalue weighted by Gasteiger charge is 2.38. The molecule has 0 aromatic heterocycles. The van der Waals surface area contributed by atoms with E-state index in [-0.39, 0.29) is 25.6 Å². The quantitative estimate of drug-likeness (QED) is 0.371. The van der Waals surface area contributed by atoms with Crippen LogP contribution in [0.25, 0.3) is 10.4 Å². The van der Waals surface area contributed by atoms with Crippen LogP contribution < -0.4 is 5.32 Å². The van der Waals surface area contributed by atoms with Crippen LogP contribution in [0.15, 0.2) is 5.11 Å². The van der Waals surface area contributed by atoms with E-state index in [1.165, 1.54) is 0 Å². The zero-order chi connectivity index (χ0) is 8.32. The van der Waals surface area contributed by atoms with Gasteiger partial charge in [0.05, 0.1) is 6.54 Å². The van der Waals surface area contributed by atoms with Crippen LogP contribution in [0.2, 0.25) is 0 Å². The van der Waals surface area contributed by atoms with Crippen LogP contribution in [0.1, 0.15) is 6.42 Å². The number of hydrogen-bond acceptors (Lipinski definition) is 2. The zero-order valence-electron chi connectivity index (χ0n) is 5.80. The largest absolute Gasteiger partial charge is 0.308 e. The molecule has 62 valence electrons. The van der Waals surface area contributed by atoms with Crippen molar-refractivity contribution in [1.29, 1.82) is 0 Å². The lowest BCUT2D eigenvalue weighted by Gasteiger charge is -2.05. The van der Waals surface area contributed by atoms with Gasteiger partial charge in [0.1, 0.15) is 0 Å². The van der Waals surface area contributed by atoms with Gasteiger partial charge in [-0.25, -0.2) is 8.78 Å². The van der Waals surface area contributed by atoms with E-state index in [0.717, 1.165) is 0 Å². The zero-order valence-corrected chi connectivity index (χ0v) is 5.80. The highest BCUT2D eigenvalue weighted by molar-refractivity contribution is 4.88. The molecule has 1 saturated heterocycles. The van der Waals surface area contributed by atoms with Gasteiger partial charge in [-0.2, -0.15) is 0 Å². The molecular formula is C5H8F2N4. The first-order valence-corrected chi connectivity index (χ1v) is 3.26. The second-order valence-corrected chi connectivity index (χ2v) is 2.55. The summed E-state index contributed by atoms with van der Waals surface area (Å²) in [5.74, 6) is -2.63. The van der Waals surface area contributed by atoms with Crippen LogP contribution in [0.3, 0.4) is 0 Å². The summed E-state index contributed by atoms with van der Waals surface area (Å²) < 4.78 is 24.8. The first kappa shape index (κ1) is 8.23. The fraction of sp³-hybridized carbons (Fsp3) is 1.00. The molecule has 11 heavy (non-hydrogen) atoms. The van der Waals surface area contributed by atoms with Crippen LogP contribution in [-0.2, 0) is 0 Å². The maximum absolute atomic E-state index is 12.4. The van der Waals surface area contributed by atoms with Crippen LogP contribution in [0.4, 0.5) is 8.78 Å². The van der Waals surface area contributed by atoms with Crippen molar-refractivity contribution >= 4 is 0 Å². The lowest BCUT2D eigenvalue weighted by atomic mass is 10.2. The van der Waals surface area contributed by atoms with Gasteiger partial charge in [0, 0.05) is 23.9 Å². The summed E-state index contributed by atoms with van der Waals surface area (Å²) in [7, 11) is 0. The summed E-state index contributed by atoms with van der Waals surface area (Å²) in [4.78, 5) is 2.49. The van der Waals surface area contributed by atoms with Crippen molar-refractivity contribution in [2.75, 3.05) is 13.1 Å². The van der Waals surface area contributed by atoms with Gasteiger partial charge in [0.25, 0.3) is 5.92 Å². The number of halogens is 2. The molecule has 1 atom stereocenters. The summed E-state index contributed by atoms with van der Waals surface area (Å²) in [5, 5.41) is 5.77. The summed E-state index contributed by atoms with van der Waals surface area (Å²) in [5.41, 5.74) is 7.90. The Balaban J connectivity index is 2.36. The smallest absolute Gasteiger partial charge is 0.261 e. The SMILES string of the molecule is [N-]=[N+]=NC[C@@H]1CC(F)(F)CN1. The Hall–Kier alpha value is -0.870. The minimum absolute atomic E-state index is 0.103. The molecule has 6 heteroatoms. The van der Waals surface area contributed by atoms with Crippen molar-refractivity contribution in [2.45, 2.75) is 18.4 Å². The normalized spacial score (nSPS) is 28.0. The number of rotatable bonds is 2. The lowest BCUT2D eigenvalue weighted by molar-refractivity contribution is 0.0213. The molecule has 0 bridgehead atoms. The van der Waals surface area contributed by atoms with E-state index < -0.39 is 5.92 Å². The monoisotopic (exact) mass is 162 g/mol. The van der Waals surface area contributed by atoms with E-state index in [9.17, 15) is 8.78 Å². The molecule has 1 fully saturated rings. The highest BCUT2D eigenvalue weighted by Crippen LogP contribution is 2.24. The molecule has 0 amide bonds.